The number of hydrogen-bond donors (Lipinski definition) is 2. The van der Waals surface area contributed by atoms with E-state index in [4.69, 9.17) is 10.2 Å². The van der Waals surface area contributed by atoms with E-state index in [0.717, 1.165) is 0 Å². The number of carbonyl (C=O) groups is 1. The van der Waals surface area contributed by atoms with Crippen molar-refractivity contribution in [3.63, 3.8) is 0 Å². The zero-order chi connectivity index (χ0) is 9.56. The number of aliphatic carboxylic acids is 1. The molecule has 0 amide bonds. The molecule has 0 aromatic heterocycles. The van der Waals surface area contributed by atoms with E-state index in [1.54, 1.807) is 13.0 Å². The molecule has 0 radical (unpaired) electrons. The Hall–Kier alpha value is -1.35. The third kappa shape index (κ3) is 3.16. The Morgan fingerprint density at radius 2 is 2.17 bits per heavy atom. The van der Waals surface area contributed by atoms with Crippen LogP contribution in [0.5, 0.6) is 0 Å². The molecule has 3 heteroatoms. The molecule has 66 valence electrons. The largest absolute Gasteiger partial charge is 0.479 e. The summed E-state index contributed by atoms with van der Waals surface area (Å²) in [5.74, 6) is -1.26. The van der Waals surface area contributed by atoms with Crippen molar-refractivity contribution >= 4 is 5.97 Å². The van der Waals surface area contributed by atoms with Crippen molar-refractivity contribution in [3.05, 3.63) is 36.5 Å². The van der Waals surface area contributed by atoms with Crippen LogP contribution in [0.25, 0.3) is 0 Å². The fourth-order valence-corrected chi connectivity index (χ4v) is 0.709. The maximum Gasteiger partial charge on any atom is 0.337 e. The molecule has 0 aliphatic rings. The Kier molecular flexibility index (Phi) is 4.72. The van der Waals surface area contributed by atoms with Crippen molar-refractivity contribution in [1.82, 2.24) is 0 Å². The summed E-state index contributed by atoms with van der Waals surface area (Å²) in [5.41, 5.74) is 0.319. The Morgan fingerprint density at radius 1 is 1.58 bits per heavy atom. The van der Waals surface area contributed by atoms with Crippen molar-refractivity contribution in [2.45, 2.75) is 13.0 Å². The number of aliphatic hydroxyl groups excluding tert-OH is 1. The van der Waals surface area contributed by atoms with Gasteiger partial charge in [0.1, 0.15) is 0 Å². The number of carboxylic acid groups (broad SMARTS) is 1. The van der Waals surface area contributed by atoms with Crippen molar-refractivity contribution in [1.29, 1.82) is 0 Å². The molecule has 0 aliphatic carbocycles. The first kappa shape index (κ1) is 10.7. The van der Waals surface area contributed by atoms with E-state index in [1.807, 2.05) is 0 Å². The van der Waals surface area contributed by atoms with Gasteiger partial charge in [-0.1, -0.05) is 30.9 Å². The summed E-state index contributed by atoms with van der Waals surface area (Å²) in [7, 11) is 0. The molecule has 0 fully saturated rings. The zero-order valence-corrected chi connectivity index (χ0v) is 6.90. The summed E-state index contributed by atoms with van der Waals surface area (Å²) in [4.78, 5) is 10.3. The van der Waals surface area contributed by atoms with Gasteiger partial charge >= 0.3 is 5.97 Å². The van der Waals surface area contributed by atoms with Gasteiger partial charge in [0.2, 0.25) is 0 Å². The van der Waals surface area contributed by atoms with Gasteiger partial charge in [-0.05, 0) is 12.5 Å². The second-order valence-electron chi connectivity index (χ2n) is 2.14. The van der Waals surface area contributed by atoms with Crippen LogP contribution in [0.1, 0.15) is 6.92 Å². The van der Waals surface area contributed by atoms with Crippen LogP contribution in [0, 0.1) is 0 Å². The van der Waals surface area contributed by atoms with Gasteiger partial charge in [0.15, 0.2) is 6.10 Å². The van der Waals surface area contributed by atoms with Crippen molar-refractivity contribution < 1.29 is 15.0 Å². The first-order chi connectivity index (χ1) is 5.63. The molecule has 0 bridgehead atoms. The molecule has 0 rings (SSSR count). The van der Waals surface area contributed by atoms with Crippen LogP contribution in [0.4, 0.5) is 0 Å². The molecule has 2 N–H and O–H groups in total. The second kappa shape index (κ2) is 5.32. The predicted octanol–water partition coefficient (Wildman–Crippen LogP) is 1.12. The summed E-state index contributed by atoms with van der Waals surface area (Å²) in [6.45, 7) is 5.15. The Balaban J connectivity index is 4.62. The van der Waals surface area contributed by atoms with Crippen molar-refractivity contribution in [2.75, 3.05) is 0 Å². The summed E-state index contributed by atoms with van der Waals surface area (Å²) in [6, 6.07) is 0. The van der Waals surface area contributed by atoms with Crippen LogP contribution >= 0.6 is 0 Å². The van der Waals surface area contributed by atoms with E-state index < -0.39 is 12.1 Å². The lowest BCUT2D eigenvalue weighted by Crippen LogP contribution is -2.20. The van der Waals surface area contributed by atoms with Gasteiger partial charge in [0.25, 0.3) is 0 Å². The van der Waals surface area contributed by atoms with Gasteiger partial charge in [-0.3, -0.25) is 0 Å². The lowest BCUT2D eigenvalue weighted by atomic mass is 10.1. The third-order valence-electron chi connectivity index (χ3n) is 1.22. The maximum absolute atomic E-state index is 10.3. The van der Waals surface area contributed by atoms with Gasteiger partial charge in [0, 0.05) is 0 Å². The first-order valence-electron chi connectivity index (χ1n) is 3.49. The fraction of sp³-hybridized carbons (Fsp3) is 0.222. The minimum absolute atomic E-state index is 0.319. The fourth-order valence-electron chi connectivity index (χ4n) is 0.709. The van der Waals surface area contributed by atoms with Gasteiger partial charge in [-0.2, -0.15) is 0 Å². The highest BCUT2D eigenvalue weighted by molar-refractivity contribution is 5.76. The number of allylic oxidation sites excluding steroid dienone is 3. The van der Waals surface area contributed by atoms with E-state index >= 15 is 0 Å². The smallest absolute Gasteiger partial charge is 0.337 e. The highest BCUT2D eigenvalue weighted by atomic mass is 16.4. The summed E-state index contributed by atoms with van der Waals surface area (Å²) < 4.78 is 0. The molecule has 0 saturated heterocycles. The summed E-state index contributed by atoms with van der Waals surface area (Å²) in [5, 5.41) is 17.5. The average molecular weight is 168 g/mol. The predicted molar refractivity (Wildman–Crippen MR) is 46.7 cm³/mol. The van der Waals surface area contributed by atoms with Crippen LogP contribution in [0.15, 0.2) is 36.5 Å². The van der Waals surface area contributed by atoms with Crippen molar-refractivity contribution in [2.24, 2.45) is 0 Å². The number of aliphatic hydroxyl groups is 1. The molecule has 0 aromatic carbocycles. The van der Waals surface area contributed by atoms with Crippen LogP contribution in [0.2, 0.25) is 0 Å². The normalized spacial score (nSPS) is 14.7. The molecule has 0 spiro atoms. The summed E-state index contributed by atoms with van der Waals surface area (Å²) in [6.07, 6.45) is 4.60. The Morgan fingerprint density at radius 3 is 2.50 bits per heavy atom. The van der Waals surface area contributed by atoms with Gasteiger partial charge < -0.3 is 10.2 Å². The second-order valence-corrected chi connectivity index (χ2v) is 2.14. The van der Waals surface area contributed by atoms with Gasteiger partial charge in [-0.25, -0.2) is 4.79 Å². The highest BCUT2D eigenvalue weighted by Crippen LogP contribution is 2.04. The Bertz CT molecular complexity index is 226. The molecule has 0 heterocycles. The Labute approximate surface area is 71.3 Å². The highest BCUT2D eigenvalue weighted by Gasteiger charge is 2.15. The summed E-state index contributed by atoms with van der Waals surface area (Å²) >= 11 is 0. The van der Waals surface area contributed by atoms with E-state index in [0.29, 0.717) is 5.57 Å². The van der Waals surface area contributed by atoms with Crippen LogP contribution in [-0.2, 0) is 4.79 Å². The first-order valence-corrected chi connectivity index (χ1v) is 3.49. The molecule has 0 aliphatic heterocycles. The molecule has 3 nitrogen and oxygen atoms in total. The lowest BCUT2D eigenvalue weighted by Gasteiger charge is -2.04. The molecule has 12 heavy (non-hydrogen) atoms. The zero-order valence-electron chi connectivity index (χ0n) is 6.90. The lowest BCUT2D eigenvalue weighted by molar-refractivity contribution is -0.144. The van der Waals surface area contributed by atoms with Gasteiger partial charge in [0.05, 0.1) is 0 Å². The molecular formula is C9H12O3. The van der Waals surface area contributed by atoms with Crippen molar-refractivity contribution in [3.8, 4) is 0 Å². The van der Waals surface area contributed by atoms with E-state index in [2.05, 4.69) is 6.58 Å². The standard InChI is InChI=1S/C9H12O3/c1-3-5-7(6-4-2)8(10)9(11)12/h3-6,8,10H,1H2,2H3,(H,11,12)/b6-4-,7-5+. The number of hydrogen-bond acceptors (Lipinski definition) is 2. The number of carboxylic acids is 1. The monoisotopic (exact) mass is 168 g/mol. The van der Waals surface area contributed by atoms with E-state index in [1.165, 1.54) is 18.2 Å². The third-order valence-corrected chi connectivity index (χ3v) is 1.22. The van der Waals surface area contributed by atoms with Gasteiger partial charge in [-0.15, -0.1) is 0 Å². The van der Waals surface area contributed by atoms with E-state index in [-0.39, 0.29) is 0 Å². The minimum Gasteiger partial charge on any atom is -0.479 e. The molecule has 1 atom stereocenters. The van der Waals surface area contributed by atoms with Crippen LogP contribution < -0.4 is 0 Å². The topological polar surface area (TPSA) is 57.5 Å². The minimum atomic E-state index is -1.47. The number of rotatable bonds is 4. The molecule has 0 saturated carbocycles. The average Bonchev–Trinajstić information content (AvgIpc) is 2.03. The SMILES string of the molecule is C=C/C=C(\C=C/C)C(O)C(=O)O. The molecule has 1 unspecified atom stereocenters. The maximum atomic E-state index is 10.3. The van der Waals surface area contributed by atoms with E-state index in [9.17, 15) is 4.79 Å². The van der Waals surface area contributed by atoms with Crippen LogP contribution in [0.3, 0.4) is 0 Å². The molecule has 0 aromatic rings. The molecular weight excluding hydrogens is 156 g/mol. The van der Waals surface area contributed by atoms with Crippen LogP contribution in [-0.4, -0.2) is 22.3 Å². The quantitative estimate of drug-likeness (QED) is 0.618.